The number of amides is 1. The molecule has 1 heterocycles. The lowest BCUT2D eigenvalue weighted by molar-refractivity contribution is 0.102. The number of nitrogens with one attached hydrogen (secondary N) is 1. The van der Waals surface area contributed by atoms with Crippen LogP contribution in [0, 0.1) is 10.5 Å². The van der Waals surface area contributed by atoms with Crippen molar-refractivity contribution in [2.45, 2.75) is 6.92 Å². The molecule has 17 heavy (non-hydrogen) atoms. The summed E-state index contributed by atoms with van der Waals surface area (Å²) in [7, 11) is 0. The van der Waals surface area contributed by atoms with E-state index in [4.69, 9.17) is 16.0 Å². The topological polar surface area (TPSA) is 42.2 Å². The van der Waals surface area contributed by atoms with Gasteiger partial charge in [-0.3, -0.25) is 4.79 Å². The summed E-state index contributed by atoms with van der Waals surface area (Å²) in [6.45, 7) is 1.94. The van der Waals surface area contributed by atoms with Crippen LogP contribution in [-0.2, 0) is 0 Å². The number of carbonyl (C=O) groups excluding carboxylic acids is 1. The molecular weight excluding hydrogens is 352 g/mol. The molecule has 2 rings (SSSR count). The second-order valence-corrected chi connectivity index (χ2v) is 5.11. The lowest BCUT2D eigenvalue weighted by Crippen LogP contribution is -2.12. The molecule has 0 aliphatic heterocycles. The van der Waals surface area contributed by atoms with Crippen LogP contribution in [0.15, 0.2) is 34.9 Å². The van der Waals surface area contributed by atoms with Gasteiger partial charge in [-0.15, -0.1) is 0 Å². The SMILES string of the molecule is Cc1cc(I)ccc1NC(=O)c1ccoc1Cl. The molecule has 1 amide bonds. The van der Waals surface area contributed by atoms with Crippen molar-refractivity contribution in [2.24, 2.45) is 0 Å². The van der Waals surface area contributed by atoms with E-state index in [-0.39, 0.29) is 11.1 Å². The molecule has 0 fully saturated rings. The van der Waals surface area contributed by atoms with Crippen molar-refractivity contribution < 1.29 is 9.21 Å². The molecule has 3 nitrogen and oxygen atoms in total. The number of anilines is 1. The minimum atomic E-state index is -0.270. The Morgan fingerprint density at radius 2 is 2.18 bits per heavy atom. The fourth-order valence-corrected chi connectivity index (χ4v) is 2.26. The van der Waals surface area contributed by atoms with Gasteiger partial charge < -0.3 is 9.73 Å². The monoisotopic (exact) mass is 361 g/mol. The predicted molar refractivity (Wildman–Crippen MR) is 75.6 cm³/mol. The molecule has 0 saturated carbocycles. The van der Waals surface area contributed by atoms with Gasteiger partial charge in [0.2, 0.25) is 5.22 Å². The molecule has 88 valence electrons. The maximum absolute atomic E-state index is 11.9. The van der Waals surface area contributed by atoms with Crippen LogP contribution in [0.25, 0.3) is 0 Å². The molecule has 1 N–H and O–H groups in total. The van der Waals surface area contributed by atoms with E-state index in [0.29, 0.717) is 5.56 Å². The lowest BCUT2D eigenvalue weighted by atomic mass is 10.2. The molecule has 1 aromatic heterocycles. The number of hydrogen-bond donors (Lipinski definition) is 1. The smallest absolute Gasteiger partial charge is 0.260 e. The van der Waals surface area contributed by atoms with Crippen LogP contribution in [0.3, 0.4) is 0 Å². The molecule has 1 aromatic carbocycles. The van der Waals surface area contributed by atoms with Crippen LogP contribution in [0.2, 0.25) is 5.22 Å². The van der Waals surface area contributed by atoms with Crippen molar-refractivity contribution >= 4 is 45.8 Å². The van der Waals surface area contributed by atoms with Gasteiger partial charge in [0.1, 0.15) is 0 Å². The molecule has 0 saturated heterocycles. The molecule has 0 radical (unpaired) electrons. The first-order valence-corrected chi connectivity index (χ1v) is 6.34. The summed E-state index contributed by atoms with van der Waals surface area (Å²) in [5.74, 6) is -0.270. The Hall–Kier alpha value is -1.01. The lowest BCUT2D eigenvalue weighted by Gasteiger charge is -2.07. The standard InChI is InChI=1S/C12H9ClINO2/c1-7-6-8(14)2-3-10(7)15-12(16)9-4-5-17-11(9)13/h2-6H,1H3,(H,15,16). The molecule has 0 bridgehead atoms. The van der Waals surface area contributed by atoms with E-state index >= 15 is 0 Å². The average molecular weight is 362 g/mol. The van der Waals surface area contributed by atoms with Gasteiger partial charge in [-0.1, -0.05) is 0 Å². The summed E-state index contributed by atoms with van der Waals surface area (Å²) in [6.07, 6.45) is 1.39. The Morgan fingerprint density at radius 1 is 1.41 bits per heavy atom. The van der Waals surface area contributed by atoms with Crippen LogP contribution in [-0.4, -0.2) is 5.91 Å². The average Bonchev–Trinajstić information content (AvgIpc) is 2.68. The van der Waals surface area contributed by atoms with Gasteiger partial charge in [0.25, 0.3) is 5.91 Å². The largest absolute Gasteiger partial charge is 0.452 e. The summed E-state index contributed by atoms with van der Waals surface area (Å²) >= 11 is 7.96. The van der Waals surface area contributed by atoms with Crippen molar-refractivity contribution in [1.29, 1.82) is 0 Å². The molecule has 5 heteroatoms. The zero-order valence-electron chi connectivity index (χ0n) is 8.96. The third-order valence-electron chi connectivity index (χ3n) is 2.30. The van der Waals surface area contributed by atoms with Crippen LogP contribution < -0.4 is 5.32 Å². The summed E-state index contributed by atoms with van der Waals surface area (Å²) in [4.78, 5) is 11.9. The zero-order valence-corrected chi connectivity index (χ0v) is 11.9. The van der Waals surface area contributed by atoms with Crippen LogP contribution in [0.4, 0.5) is 5.69 Å². The highest BCUT2D eigenvalue weighted by Crippen LogP contribution is 2.21. The highest BCUT2D eigenvalue weighted by Gasteiger charge is 2.13. The molecular formula is C12H9ClINO2. The van der Waals surface area contributed by atoms with Crippen molar-refractivity contribution in [2.75, 3.05) is 5.32 Å². The third-order valence-corrected chi connectivity index (χ3v) is 3.26. The van der Waals surface area contributed by atoms with Crippen LogP contribution in [0.5, 0.6) is 0 Å². The zero-order chi connectivity index (χ0) is 12.4. The number of furan rings is 1. The van der Waals surface area contributed by atoms with E-state index in [2.05, 4.69) is 27.9 Å². The number of benzene rings is 1. The minimum absolute atomic E-state index is 0.102. The quantitative estimate of drug-likeness (QED) is 0.818. The highest BCUT2D eigenvalue weighted by molar-refractivity contribution is 14.1. The highest BCUT2D eigenvalue weighted by atomic mass is 127. The molecule has 2 aromatic rings. The number of hydrogen-bond acceptors (Lipinski definition) is 2. The maximum Gasteiger partial charge on any atom is 0.260 e. The fourth-order valence-electron chi connectivity index (χ4n) is 1.41. The van der Waals surface area contributed by atoms with Crippen molar-refractivity contribution in [3.05, 3.63) is 50.4 Å². The van der Waals surface area contributed by atoms with Crippen molar-refractivity contribution in [3.8, 4) is 0 Å². The van der Waals surface area contributed by atoms with E-state index in [0.717, 1.165) is 14.8 Å². The van der Waals surface area contributed by atoms with E-state index < -0.39 is 0 Å². The number of rotatable bonds is 2. The Kier molecular flexibility index (Phi) is 3.73. The number of aryl methyl sites for hydroxylation is 1. The summed E-state index contributed by atoms with van der Waals surface area (Å²) in [5, 5.41) is 2.90. The first-order valence-electron chi connectivity index (χ1n) is 4.88. The summed E-state index contributed by atoms with van der Waals surface area (Å²) < 4.78 is 6.00. The Balaban J connectivity index is 2.22. The first-order chi connectivity index (χ1) is 8.08. The number of halogens is 2. The number of carbonyl (C=O) groups is 1. The fraction of sp³-hybridized carbons (Fsp3) is 0.0833. The van der Waals surface area contributed by atoms with Crippen LogP contribution >= 0.6 is 34.2 Å². The molecule has 0 aliphatic carbocycles. The summed E-state index contributed by atoms with van der Waals surface area (Å²) in [5.41, 5.74) is 2.11. The Bertz CT molecular complexity index is 565. The maximum atomic E-state index is 11.9. The van der Waals surface area contributed by atoms with E-state index in [1.165, 1.54) is 6.26 Å². The third kappa shape index (κ3) is 2.81. The van der Waals surface area contributed by atoms with Gasteiger partial charge in [0.15, 0.2) is 0 Å². The molecule has 0 unspecified atom stereocenters. The normalized spacial score (nSPS) is 10.3. The Labute approximate surface area is 117 Å². The van der Waals surface area contributed by atoms with Crippen molar-refractivity contribution in [3.63, 3.8) is 0 Å². The Morgan fingerprint density at radius 3 is 2.76 bits per heavy atom. The first kappa shape index (κ1) is 12.4. The molecule has 0 spiro atoms. The van der Waals surface area contributed by atoms with E-state index in [1.807, 2.05) is 25.1 Å². The van der Waals surface area contributed by atoms with E-state index in [9.17, 15) is 4.79 Å². The van der Waals surface area contributed by atoms with Gasteiger partial charge in [-0.25, -0.2) is 0 Å². The van der Waals surface area contributed by atoms with Crippen molar-refractivity contribution in [1.82, 2.24) is 0 Å². The van der Waals surface area contributed by atoms with Gasteiger partial charge in [-0.2, -0.15) is 0 Å². The van der Waals surface area contributed by atoms with Crippen LogP contribution in [0.1, 0.15) is 15.9 Å². The van der Waals surface area contributed by atoms with Gasteiger partial charge in [0, 0.05) is 9.26 Å². The second-order valence-electron chi connectivity index (χ2n) is 3.52. The van der Waals surface area contributed by atoms with Gasteiger partial charge >= 0.3 is 0 Å². The molecule has 0 aliphatic rings. The minimum Gasteiger partial charge on any atom is -0.452 e. The molecule has 0 atom stereocenters. The summed E-state index contributed by atoms with van der Waals surface area (Å²) in [6, 6.07) is 7.33. The second kappa shape index (κ2) is 5.10. The van der Waals surface area contributed by atoms with Gasteiger partial charge in [-0.05, 0) is 70.9 Å². The van der Waals surface area contributed by atoms with E-state index in [1.54, 1.807) is 6.07 Å². The van der Waals surface area contributed by atoms with Gasteiger partial charge in [0.05, 0.1) is 11.8 Å². The predicted octanol–water partition coefficient (Wildman–Crippen LogP) is 4.10.